The summed E-state index contributed by atoms with van der Waals surface area (Å²) in [6.07, 6.45) is -0.162. The molecule has 94 valence electrons. The smallest absolute Gasteiger partial charge is 0.335 e. The molecule has 1 aromatic rings. The van der Waals surface area contributed by atoms with E-state index >= 15 is 0 Å². The second-order valence-electron chi connectivity index (χ2n) is 3.28. The van der Waals surface area contributed by atoms with E-state index in [1.807, 2.05) is 0 Å². The number of carbonyl (C=O) groups is 2. The topological polar surface area (TPSA) is 63.6 Å². The highest BCUT2D eigenvalue weighted by atomic mass is 19.1. The van der Waals surface area contributed by atoms with E-state index in [9.17, 15) is 14.0 Å². The molecule has 18 heavy (non-hydrogen) atoms. The van der Waals surface area contributed by atoms with Crippen LogP contribution in [0.4, 0.5) is 4.39 Å². The maximum Gasteiger partial charge on any atom is 0.335 e. The van der Waals surface area contributed by atoms with Crippen LogP contribution in [0.5, 0.6) is 0 Å². The molecule has 0 aromatic heterocycles. The third-order valence-corrected chi connectivity index (χ3v) is 1.97. The van der Waals surface area contributed by atoms with Crippen molar-refractivity contribution in [3.05, 3.63) is 35.1 Å². The Morgan fingerprint density at radius 1 is 1.44 bits per heavy atom. The van der Waals surface area contributed by atoms with Crippen molar-refractivity contribution in [3.63, 3.8) is 0 Å². The van der Waals surface area contributed by atoms with Crippen molar-refractivity contribution in [2.75, 3.05) is 6.61 Å². The van der Waals surface area contributed by atoms with Gasteiger partial charge in [-0.2, -0.15) is 0 Å². The summed E-state index contributed by atoms with van der Waals surface area (Å²) in [4.78, 5) is 21.7. The molecule has 1 N–H and O–H groups in total. The number of halogens is 1. The van der Waals surface area contributed by atoms with E-state index in [0.29, 0.717) is 0 Å². The van der Waals surface area contributed by atoms with Crippen LogP contribution >= 0.6 is 0 Å². The summed E-state index contributed by atoms with van der Waals surface area (Å²) in [6, 6.07) is 3.29. The van der Waals surface area contributed by atoms with Crippen molar-refractivity contribution in [1.29, 1.82) is 0 Å². The minimum atomic E-state index is -1.16. The number of ether oxygens (including phenoxy) is 1. The van der Waals surface area contributed by atoms with Gasteiger partial charge in [0.2, 0.25) is 0 Å². The zero-order chi connectivity index (χ0) is 13.5. The van der Waals surface area contributed by atoms with Crippen LogP contribution in [0, 0.1) is 17.7 Å². The molecule has 0 saturated heterocycles. The molecule has 0 aliphatic rings. The fourth-order valence-corrected chi connectivity index (χ4v) is 1.18. The Morgan fingerprint density at radius 2 is 2.17 bits per heavy atom. The number of esters is 1. The van der Waals surface area contributed by atoms with E-state index in [1.165, 1.54) is 0 Å². The average molecular weight is 250 g/mol. The fourth-order valence-electron chi connectivity index (χ4n) is 1.18. The van der Waals surface area contributed by atoms with E-state index in [0.717, 1.165) is 18.2 Å². The van der Waals surface area contributed by atoms with Crippen LogP contribution in [0.1, 0.15) is 29.3 Å². The van der Waals surface area contributed by atoms with Gasteiger partial charge in [-0.1, -0.05) is 11.8 Å². The molecule has 0 radical (unpaired) electrons. The lowest BCUT2D eigenvalue weighted by molar-refractivity contribution is -0.141. The first-order valence-corrected chi connectivity index (χ1v) is 5.22. The van der Waals surface area contributed by atoms with Crippen molar-refractivity contribution in [2.24, 2.45) is 0 Å². The molecule has 0 heterocycles. The normalized spacial score (nSPS) is 9.22. The largest absolute Gasteiger partial charge is 0.478 e. The first kappa shape index (κ1) is 13.7. The van der Waals surface area contributed by atoms with Crippen LogP contribution in [0.15, 0.2) is 18.2 Å². The number of hydrogen-bond donors (Lipinski definition) is 1. The standard InChI is InChI=1S/C13H11FO4/c1-2-18-12(15)5-3-4-9-8-10(13(16)17)6-7-11(9)14/h6-8H,2,5H2,1H3,(H,16,17). The van der Waals surface area contributed by atoms with Gasteiger partial charge in [-0.25, -0.2) is 9.18 Å². The fraction of sp³-hybridized carbons (Fsp3) is 0.231. The number of hydrogen-bond acceptors (Lipinski definition) is 3. The van der Waals surface area contributed by atoms with E-state index in [4.69, 9.17) is 5.11 Å². The third kappa shape index (κ3) is 3.91. The Hall–Kier alpha value is -2.35. The molecule has 5 heteroatoms. The van der Waals surface area contributed by atoms with Crippen LogP contribution in [0.25, 0.3) is 0 Å². The van der Waals surface area contributed by atoms with Gasteiger partial charge in [0, 0.05) is 0 Å². The highest BCUT2D eigenvalue weighted by Crippen LogP contribution is 2.09. The summed E-state index contributed by atoms with van der Waals surface area (Å²) < 4.78 is 17.9. The number of aromatic carboxylic acids is 1. The van der Waals surface area contributed by atoms with Crippen molar-refractivity contribution >= 4 is 11.9 Å². The molecule has 0 atom stereocenters. The van der Waals surface area contributed by atoms with E-state index in [1.54, 1.807) is 6.92 Å². The van der Waals surface area contributed by atoms with Crippen molar-refractivity contribution in [1.82, 2.24) is 0 Å². The van der Waals surface area contributed by atoms with Crippen LogP contribution in [-0.4, -0.2) is 23.7 Å². The molecule has 0 saturated carbocycles. The van der Waals surface area contributed by atoms with Gasteiger partial charge in [-0.05, 0) is 25.1 Å². The predicted octanol–water partition coefficient (Wildman–Crippen LogP) is 1.83. The maximum atomic E-state index is 13.3. The van der Waals surface area contributed by atoms with Gasteiger partial charge in [0.05, 0.1) is 17.7 Å². The van der Waals surface area contributed by atoms with Gasteiger partial charge in [0.1, 0.15) is 12.2 Å². The second kappa shape index (κ2) is 6.40. The first-order chi connectivity index (χ1) is 8.54. The molecule has 0 aliphatic carbocycles. The third-order valence-electron chi connectivity index (χ3n) is 1.97. The summed E-state index contributed by atoms with van der Waals surface area (Å²) in [7, 11) is 0. The molecular formula is C13H11FO4. The van der Waals surface area contributed by atoms with E-state index in [2.05, 4.69) is 16.6 Å². The minimum Gasteiger partial charge on any atom is -0.478 e. The lowest BCUT2D eigenvalue weighted by Crippen LogP contribution is -2.02. The molecule has 1 aromatic carbocycles. The molecule has 0 bridgehead atoms. The summed E-state index contributed by atoms with van der Waals surface area (Å²) in [5.74, 6) is 2.55. The highest BCUT2D eigenvalue weighted by Gasteiger charge is 2.06. The van der Waals surface area contributed by atoms with Crippen molar-refractivity contribution < 1.29 is 23.8 Å². The quantitative estimate of drug-likeness (QED) is 0.656. The van der Waals surface area contributed by atoms with Gasteiger partial charge < -0.3 is 9.84 Å². The lowest BCUT2D eigenvalue weighted by atomic mass is 10.1. The Kier molecular flexibility index (Phi) is 4.88. The summed E-state index contributed by atoms with van der Waals surface area (Å²) >= 11 is 0. The molecule has 4 nitrogen and oxygen atoms in total. The number of rotatable bonds is 3. The number of benzene rings is 1. The summed E-state index contributed by atoms with van der Waals surface area (Å²) in [6.45, 7) is 1.92. The van der Waals surface area contributed by atoms with E-state index in [-0.39, 0.29) is 24.2 Å². The molecule has 1 rings (SSSR count). The molecular weight excluding hydrogens is 239 g/mol. The van der Waals surface area contributed by atoms with Gasteiger partial charge in [-0.3, -0.25) is 4.79 Å². The zero-order valence-electron chi connectivity index (χ0n) is 9.70. The minimum absolute atomic E-state index is 0.0563. The van der Waals surface area contributed by atoms with Crippen molar-refractivity contribution in [2.45, 2.75) is 13.3 Å². The van der Waals surface area contributed by atoms with Crippen LogP contribution in [0.2, 0.25) is 0 Å². The Morgan fingerprint density at radius 3 is 2.78 bits per heavy atom. The van der Waals surface area contributed by atoms with Gasteiger partial charge >= 0.3 is 11.9 Å². The molecule has 0 unspecified atom stereocenters. The maximum absolute atomic E-state index is 13.3. The first-order valence-electron chi connectivity index (χ1n) is 5.22. The Bertz CT molecular complexity index is 526. The molecule has 0 amide bonds. The van der Waals surface area contributed by atoms with Crippen LogP contribution in [0.3, 0.4) is 0 Å². The van der Waals surface area contributed by atoms with Gasteiger partial charge in [0.25, 0.3) is 0 Å². The van der Waals surface area contributed by atoms with Gasteiger partial charge in [0.15, 0.2) is 0 Å². The van der Waals surface area contributed by atoms with Crippen LogP contribution in [-0.2, 0) is 9.53 Å². The van der Waals surface area contributed by atoms with Crippen molar-refractivity contribution in [3.8, 4) is 11.8 Å². The molecule has 0 aliphatic heterocycles. The van der Waals surface area contributed by atoms with Gasteiger partial charge in [-0.15, -0.1) is 0 Å². The molecule has 0 spiro atoms. The monoisotopic (exact) mass is 250 g/mol. The number of carboxylic acids is 1. The average Bonchev–Trinajstić information content (AvgIpc) is 2.31. The summed E-state index contributed by atoms with van der Waals surface area (Å²) in [5.41, 5.74) is -0.115. The number of carboxylic acid groups (broad SMARTS) is 1. The Balaban J connectivity index is 2.84. The predicted molar refractivity (Wildman–Crippen MR) is 61.5 cm³/mol. The summed E-state index contributed by atoms with van der Waals surface area (Å²) in [5, 5.41) is 8.74. The molecule has 0 fully saturated rings. The second-order valence-corrected chi connectivity index (χ2v) is 3.28. The lowest BCUT2D eigenvalue weighted by Gasteiger charge is -1.97. The zero-order valence-corrected chi connectivity index (χ0v) is 9.70. The SMILES string of the molecule is CCOC(=O)CC#Cc1cc(C(=O)O)ccc1F. The Labute approximate surface area is 103 Å². The highest BCUT2D eigenvalue weighted by molar-refractivity contribution is 5.88. The van der Waals surface area contributed by atoms with E-state index < -0.39 is 17.8 Å². The van der Waals surface area contributed by atoms with Crippen LogP contribution < -0.4 is 0 Å². The number of carbonyl (C=O) groups excluding carboxylic acids is 1.